The molecule has 0 spiro atoms. The van der Waals surface area contributed by atoms with Crippen LogP contribution in [0.2, 0.25) is 0 Å². The van der Waals surface area contributed by atoms with Crippen molar-refractivity contribution in [2.75, 3.05) is 6.26 Å². The second kappa shape index (κ2) is 4.06. The molecule has 0 aromatic heterocycles. The Bertz CT molecular complexity index is 428. The van der Waals surface area contributed by atoms with Gasteiger partial charge < -0.3 is 0 Å². The summed E-state index contributed by atoms with van der Waals surface area (Å²) in [6, 6.07) is 4.58. The van der Waals surface area contributed by atoms with Crippen LogP contribution in [0.15, 0.2) is 18.2 Å². The normalized spacial score (nSPS) is 11.6. The Balaban J connectivity index is 2.81. The van der Waals surface area contributed by atoms with Crippen molar-refractivity contribution in [3.8, 4) is 0 Å². The van der Waals surface area contributed by atoms with E-state index in [0.29, 0.717) is 5.56 Å². The maximum Gasteiger partial charge on any atom is 0.209 e. The molecule has 5 heteroatoms. The van der Waals surface area contributed by atoms with Crippen molar-refractivity contribution in [1.29, 1.82) is 0 Å². The van der Waals surface area contributed by atoms with Crippen molar-refractivity contribution in [2.24, 2.45) is 0 Å². The zero-order chi connectivity index (χ0) is 10.8. The van der Waals surface area contributed by atoms with Crippen LogP contribution in [0, 0.1) is 12.7 Å². The highest BCUT2D eigenvalue weighted by Crippen LogP contribution is 2.09. The van der Waals surface area contributed by atoms with Gasteiger partial charge in [-0.15, -0.1) is 0 Å². The predicted octanol–water partition coefficient (Wildman–Crippen LogP) is 1.18. The number of rotatable bonds is 3. The van der Waals surface area contributed by atoms with Crippen molar-refractivity contribution in [2.45, 2.75) is 13.5 Å². The molecule has 0 radical (unpaired) electrons. The molecule has 1 aromatic rings. The first-order valence-electron chi connectivity index (χ1n) is 4.08. The summed E-state index contributed by atoms with van der Waals surface area (Å²) in [5, 5.41) is 0. The quantitative estimate of drug-likeness (QED) is 0.826. The summed E-state index contributed by atoms with van der Waals surface area (Å²) in [5.41, 5.74) is 1.26. The van der Waals surface area contributed by atoms with Gasteiger partial charge in [-0.3, -0.25) is 0 Å². The average molecular weight is 217 g/mol. The summed E-state index contributed by atoms with van der Waals surface area (Å²) in [6.45, 7) is 1.82. The molecule has 1 N–H and O–H groups in total. The van der Waals surface area contributed by atoms with Gasteiger partial charge in [-0.25, -0.2) is 17.5 Å². The fraction of sp³-hybridized carbons (Fsp3) is 0.333. The summed E-state index contributed by atoms with van der Waals surface area (Å²) in [6.07, 6.45) is 1.04. The van der Waals surface area contributed by atoms with Crippen LogP contribution in [0.4, 0.5) is 4.39 Å². The molecule has 78 valence electrons. The largest absolute Gasteiger partial charge is 0.213 e. The second-order valence-electron chi connectivity index (χ2n) is 3.19. The lowest BCUT2D eigenvalue weighted by Crippen LogP contribution is -2.21. The molecule has 0 atom stereocenters. The molecule has 1 rings (SSSR count). The van der Waals surface area contributed by atoms with Crippen LogP contribution in [0.25, 0.3) is 0 Å². The smallest absolute Gasteiger partial charge is 0.209 e. The van der Waals surface area contributed by atoms with Gasteiger partial charge in [0.25, 0.3) is 0 Å². The molecular formula is C9H12FNO2S. The molecule has 0 aliphatic rings. The zero-order valence-electron chi connectivity index (χ0n) is 8.04. The minimum atomic E-state index is -3.27. The van der Waals surface area contributed by atoms with Gasteiger partial charge in [-0.2, -0.15) is 0 Å². The average Bonchev–Trinajstić information content (AvgIpc) is 2.05. The van der Waals surface area contributed by atoms with Crippen LogP contribution in [-0.2, 0) is 16.6 Å². The summed E-state index contributed by atoms with van der Waals surface area (Å²) in [5.74, 6) is -0.397. The van der Waals surface area contributed by atoms with Crippen molar-refractivity contribution >= 4 is 10.0 Å². The molecule has 0 saturated heterocycles. The van der Waals surface area contributed by atoms with E-state index in [1.165, 1.54) is 6.07 Å². The van der Waals surface area contributed by atoms with Gasteiger partial charge in [0.15, 0.2) is 0 Å². The van der Waals surface area contributed by atoms with Crippen LogP contribution >= 0.6 is 0 Å². The van der Waals surface area contributed by atoms with E-state index in [1.54, 1.807) is 12.1 Å². The zero-order valence-corrected chi connectivity index (χ0v) is 8.86. The number of nitrogens with one attached hydrogen (secondary N) is 1. The van der Waals surface area contributed by atoms with Crippen molar-refractivity contribution in [3.63, 3.8) is 0 Å². The van der Waals surface area contributed by atoms with E-state index in [1.807, 2.05) is 6.92 Å². The van der Waals surface area contributed by atoms with E-state index in [0.717, 1.165) is 11.8 Å². The van der Waals surface area contributed by atoms with E-state index in [2.05, 4.69) is 4.72 Å². The van der Waals surface area contributed by atoms with Gasteiger partial charge in [0.1, 0.15) is 5.82 Å². The fourth-order valence-electron chi connectivity index (χ4n) is 1.05. The molecule has 0 aliphatic heterocycles. The number of aryl methyl sites for hydroxylation is 1. The molecular weight excluding hydrogens is 205 g/mol. The third kappa shape index (κ3) is 3.43. The summed E-state index contributed by atoms with van der Waals surface area (Å²) in [4.78, 5) is 0. The number of sulfonamides is 1. The van der Waals surface area contributed by atoms with Crippen molar-refractivity contribution in [1.82, 2.24) is 4.72 Å². The molecule has 3 nitrogen and oxygen atoms in total. The van der Waals surface area contributed by atoms with Gasteiger partial charge in [0.05, 0.1) is 6.26 Å². The number of benzene rings is 1. The molecule has 0 bridgehead atoms. The Morgan fingerprint density at radius 1 is 1.43 bits per heavy atom. The van der Waals surface area contributed by atoms with Gasteiger partial charge in [0.2, 0.25) is 10.0 Å². The minimum Gasteiger partial charge on any atom is -0.213 e. The predicted molar refractivity (Wildman–Crippen MR) is 52.8 cm³/mol. The molecule has 0 heterocycles. The lowest BCUT2D eigenvalue weighted by Gasteiger charge is -2.04. The van der Waals surface area contributed by atoms with Crippen LogP contribution in [0.5, 0.6) is 0 Å². The highest BCUT2D eigenvalue weighted by Gasteiger charge is 2.05. The van der Waals surface area contributed by atoms with Crippen LogP contribution in [-0.4, -0.2) is 14.7 Å². The number of hydrogen-bond donors (Lipinski definition) is 1. The number of hydrogen-bond acceptors (Lipinski definition) is 2. The molecule has 0 amide bonds. The van der Waals surface area contributed by atoms with Gasteiger partial charge >= 0.3 is 0 Å². The Labute approximate surface area is 83.0 Å². The first-order chi connectivity index (χ1) is 6.38. The number of halogens is 1. The van der Waals surface area contributed by atoms with Gasteiger partial charge in [-0.1, -0.05) is 17.7 Å². The summed E-state index contributed by atoms with van der Waals surface area (Å²) in [7, 11) is -3.27. The summed E-state index contributed by atoms with van der Waals surface area (Å²) < 4.78 is 36.9. The van der Waals surface area contributed by atoms with E-state index in [4.69, 9.17) is 0 Å². The third-order valence-electron chi connectivity index (χ3n) is 1.73. The van der Waals surface area contributed by atoms with E-state index >= 15 is 0 Å². The highest BCUT2D eigenvalue weighted by atomic mass is 32.2. The van der Waals surface area contributed by atoms with Crippen LogP contribution in [0.1, 0.15) is 11.1 Å². The lowest BCUT2D eigenvalue weighted by molar-refractivity contribution is 0.579. The maximum atomic E-state index is 13.1. The first kappa shape index (κ1) is 11.1. The standard InChI is InChI=1S/C9H12FNO2S/c1-7-3-4-9(10)8(5-7)6-11-14(2,12)13/h3-5,11H,6H2,1-2H3. The van der Waals surface area contributed by atoms with Crippen molar-refractivity contribution in [3.05, 3.63) is 35.1 Å². The fourth-order valence-corrected chi connectivity index (χ4v) is 1.47. The Hall–Kier alpha value is -0.940. The third-order valence-corrected chi connectivity index (χ3v) is 2.39. The Morgan fingerprint density at radius 2 is 2.07 bits per heavy atom. The molecule has 14 heavy (non-hydrogen) atoms. The van der Waals surface area contributed by atoms with Crippen molar-refractivity contribution < 1.29 is 12.8 Å². The topological polar surface area (TPSA) is 46.2 Å². The molecule has 0 unspecified atom stereocenters. The molecule has 0 saturated carbocycles. The second-order valence-corrected chi connectivity index (χ2v) is 5.02. The molecule has 0 aliphatic carbocycles. The van der Waals surface area contributed by atoms with Crippen LogP contribution < -0.4 is 4.72 Å². The Kier molecular flexibility index (Phi) is 3.23. The van der Waals surface area contributed by atoms with E-state index in [-0.39, 0.29) is 6.54 Å². The maximum absolute atomic E-state index is 13.1. The lowest BCUT2D eigenvalue weighted by atomic mass is 10.1. The van der Waals surface area contributed by atoms with Gasteiger partial charge in [0, 0.05) is 12.1 Å². The highest BCUT2D eigenvalue weighted by molar-refractivity contribution is 7.88. The van der Waals surface area contributed by atoms with E-state index in [9.17, 15) is 12.8 Å². The van der Waals surface area contributed by atoms with Crippen LogP contribution in [0.3, 0.4) is 0 Å². The minimum absolute atomic E-state index is 0.00759. The summed E-state index contributed by atoms with van der Waals surface area (Å²) >= 11 is 0. The Morgan fingerprint density at radius 3 is 2.64 bits per heavy atom. The van der Waals surface area contributed by atoms with Gasteiger partial charge in [-0.05, 0) is 13.0 Å². The molecule has 1 aromatic carbocycles. The SMILES string of the molecule is Cc1ccc(F)c(CNS(C)(=O)=O)c1. The first-order valence-corrected chi connectivity index (χ1v) is 5.97. The van der Waals surface area contributed by atoms with E-state index < -0.39 is 15.8 Å². The monoisotopic (exact) mass is 217 g/mol. The molecule has 0 fully saturated rings.